The van der Waals surface area contributed by atoms with Gasteiger partial charge in [-0.1, -0.05) is 18.2 Å². The largest absolute Gasteiger partial charge is 0.496 e. The van der Waals surface area contributed by atoms with Crippen LogP contribution < -0.4 is 10.2 Å². The van der Waals surface area contributed by atoms with E-state index in [4.69, 9.17) is 4.74 Å². The molecule has 0 saturated heterocycles. The van der Waals surface area contributed by atoms with Crippen molar-refractivity contribution in [2.45, 2.75) is 6.92 Å². The Morgan fingerprint density at radius 1 is 1.20 bits per heavy atom. The minimum absolute atomic E-state index is 0.322. The Hall–Kier alpha value is -2.69. The third-order valence-corrected chi connectivity index (χ3v) is 2.71. The summed E-state index contributed by atoms with van der Waals surface area (Å²) in [5.41, 5.74) is 4.29. The van der Waals surface area contributed by atoms with Gasteiger partial charge in [0, 0.05) is 6.20 Å². The molecule has 0 spiro atoms. The Morgan fingerprint density at radius 2 is 1.95 bits per heavy atom. The number of hydrazone groups is 1. The second kappa shape index (κ2) is 6.47. The van der Waals surface area contributed by atoms with Crippen molar-refractivity contribution in [1.82, 2.24) is 10.4 Å². The molecule has 1 aromatic heterocycles. The summed E-state index contributed by atoms with van der Waals surface area (Å²) in [5, 5.41) is 4.05. The van der Waals surface area contributed by atoms with Crippen molar-refractivity contribution in [2.75, 3.05) is 7.11 Å². The monoisotopic (exact) mass is 269 g/mol. The number of amides is 1. The van der Waals surface area contributed by atoms with Gasteiger partial charge in [0.15, 0.2) is 0 Å². The van der Waals surface area contributed by atoms with Gasteiger partial charge in [0.05, 0.1) is 24.1 Å². The number of pyridine rings is 1. The summed E-state index contributed by atoms with van der Waals surface area (Å²) in [4.78, 5) is 16.2. The maximum atomic E-state index is 12.0. The van der Waals surface area contributed by atoms with E-state index >= 15 is 0 Å². The van der Waals surface area contributed by atoms with Crippen molar-refractivity contribution in [2.24, 2.45) is 5.10 Å². The Kier molecular flexibility index (Phi) is 4.44. The summed E-state index contributed by atoms with van der Waals surface area (Å²) < 4.78 is 5.14. The number of ether oxygens (including phenoxy) is 1. The lowest BCUT2D eigenvalue weighted by molar-refractivity contribution is 0.0952. The average molecular weight is 269 g/mol. The molecule has 20 heavy (non-hydrogen) atoms. The standard InChI is InChI=1S/C15H15N3O2/c1-11(13-8-5-6-10-16-13)17-18-15(19)12-7-3-4-9-14(12)20-2/h3-10H,1-2H3,(H,18,19)/b17-11-. The highest BCUT2D eigenvalue weighted by atomic mass is 16.5. The Bertz CT molecular complexity index is 624. The number of rotatable bonds is 4. The molecule has 0 atom stereocenters. The van der Waals surface area contributed by atoms with Crippen LogP contribution in [0.1, 0.15) is 23.0 Å². The predicted molar refractivity (Wildman–Crippen MR) is 76.9 cm³/mol. The fourth-order valence-corrected chi connectivity index (χ4v) is 1.66. The fraction of sp³-hybridized carbons (Fsp3) is 0.133. The molecule has 0 saturated carbocycles. The van der Waals surface area contributed by atoms with Crippen LogP contribution in [-0.2, 0) is 0 Å². The molecule has 0 aliphatic rings. The van der Waals surface area contributed by atoms with Crippen LogP contribution in [0.25, 0.3) is 0 Å². The van der Waals surface area contributed by atoms with Crippen LogP contribution in [0.5, 0.6) is 5.75 Å². The smallest absolute Gasteiger partial charge is 0.275 e. The van der Waals surface area contributed by atoms with Gasteiger partial charge in [0.25, 0.3) is 5.91 Å². The summed E-state index contributed by atoms with van der Waals surface area (Å²) in [6.07, 6.45) is 1.68. The van der Waals surface area contributed by atoms with E-state index in [2.05, 4.69) is 15.5 Å². The molecule has 1 amide bonds. The number of hydrogen-bond acceptors (Lipinski definition) is 4. The molecule has 5 nitrogen and oxygen atoms in total. The number of aromatic nitrogens is 1. The van der Waals surface area contributed by atoms with Gasteiger partial charge in [-0.25, -0.2) is 5.43 Å². The van der Waals surface area contributed by atoms with Crippen molar-refractivity contribution >= 4 is 11.6 Å². The number of nitrogens with one attached hydrogen (secondary N) is 1. The van der Waals surface area contributed by atoms with Crippen LogP contribution in [0.15, 0.2) is 53.8 Å². The van der Waals surface area contributed by atoms with E-state index in [0.717, 1.165) is 0 Å². The number of carbonyl (C=O) groups excluding carboxylic acids is 1. The molecule has 102 valence electrons. The SMILES string of the molecule is COc1ccccc1C(=O)N/N=C(/C)c1ccccn1. The lowest BCUT2D eigenvalue weighted by Gasteiger charge is -2.06. The van der Waals surface area contributed by atoms with Crippen LogP contribution in [-0.4, -0.2) is 23.7 Å². The number of benzene rings is 1. The molecule has 1 N–H and O–H groups in total. The van der Waals surface area contributed by atoms with E-state index in [-0.39, 0.29) is 5.91 Å². The highest BCUT2D eigenvalue weighted by Crippen LogP contribution is 2.16. The van der Waals surface area contributed by atoms with Crippen molar-refractivity contribution in [1.29, 1.82) is 0 Å². The number of hydrogen-bond donors (Lipinski definition) is 1. The van der Waals surface area contributed by atoms with Crippen molar-refractivity contribution < 1.29 is 9.53 Å². The van der Waals surface area contributed by atoms with E-state index in [0.29, 0.717) is 22.7 Å². The fourth-order valence-electron chi connectivity index (χ4n) is 1.66. The average Bonchev–Trinajstić information content (AvgIpc) is 2.53. The van der Waals surface area contributed by atoms with Gasteiger partial charge in [0.2, 0.25) is 0 Å². The highest BCUT2D eigenvalue weighted by Gasteiger charge is 2.10. The quantitative estimate of drug-likeness (QED) is 0.684. The lowest BCUT2D eigenvalue weighted by atomic mass is 10.2. The topological polar surface area (TPSA) is 63.6 Å². The third kappa shape index (κ3) is 3.20. The van der Waals surface area contributed by atoms with E-state index in [1.54, 1.807) is 37.4 Å². The van der Waals surface area contributed by atoms with Crippen molar-refractivity contribution in [3.8, 4) is 5.75 Å². The number of nitrogens with zero attached hydrogens (tertiary/aromatic N) is 2. The number of carbonyl (C=O) groups is 1. The van der Waals surface area contributed by atoms with Gasteiger partial charge in [-0.05, 0) is 31.2 Å². The summed E-state index contributed by atoms with van der Waals surface area (Å²) in [7, 11) is 1.52. The maximum absolute atomic E-state index is 12.0. The first-order valence-electron chi connectivity index (χ1n) is 6.11. The Balaban J connectivity index is 2.12. The Morgan fingerprint density at radius 3 is 2.65 bits per heavy atom. The van der Waals surface area contributed by atoms with Crippen LogP contribution in [0.3, 0.4) is 0 Å². The molecule has 0 unspecified atom stereocenters. The highest BCUT2D eigenvalue weighted by molar-refractivity contribution is 6.00. The number of methoxy groups -OCH3 is 1. The zero-order chi connectivity index (χ0) is 14.4. The molecule has 1 heterocycles. The summed E-state index contributed by atoms with van der Waals surface area (Å²) in [6.45, 7) is 1.78. The van der Waals surface area contributed by atoms with Crippen LogP contribution in [0, 0.1) is 0 Å². The maximum Gasteiger partial charge on any atom is 0.275 e. The van der Waals surface area contributed by atoms with E-state index in [1.165, 1.54) is 7.11 Å². The molecular formula is C15H15N3O2. The first-order valence-corrected chi connectivity index (χ1v) is 6.11. The zero-order valence-electron chi connectivity index (χ0n) is 11.3. The van der Waals surface area contributed by atoms with Crippen molar-refractivity contribution in [3.63, 3.8) is 0 Å². The predicted octanol–water partition coefficient (Wildman–Crippen LogP) is 2.24. The molecule has 1 aromatic carbocycles. The van der Waals surface area contributed by atoms with Gasteiger partial charge < -0.3 is 4.74 Å². The third-order valence-electron chi connectivity index (χ3n) is 2.71. The van der Waals surface area contributed by atoms with Gasteiger partial charge in [0.1, 0.15) is 5.75 Å². The molecule has 5 heteroatoms. The summed E-state index contributed by atoms with van der Waals surface area (Å²) in [5.74, 6) is 0.188. The molecule has 0 aliphatic carbocycles. The minimum atomic E-state index is -0.322. The van der Waals surface area contributed by atoms with E-state index in [9.17, 15) is 4.79 Å². The van der Waals surface area contributed by atoms with Gasteiger partial charge in [-0.2, -0.15) is 5.10 Å². The van der Waals surface area contributed by atoms with Crippen LogP contribution in [0.2, 0.25) is 0 Å². The molecule has 0 bridgehead atoms. The van der Waals surface area contributed by atoms with Crippen LogP contribution in [0.4, 0.5) is 0 Å². The van der Waals surface area contributed by atoms with E-state index in [1.807, 2.05) is 18.2 Å². The Labute approximate surface area is 117 Å². The normalized spacial score (nSPS) is 11.0. The van der Waals surface area contributed by atoms with E-state index < -0.39 is 0 Å². The number of para-hydroxylation sites is 1. The first-order chi connectivity index (χ1) is 9.72. The molecule has 0 aliphatic heterocycles. The second-order valence-corrected chi connectivity index (χ2v) is 4.05. The molecule has 0 radical (unpaired) electrons. The molecular weight excluding hydrogens is 254 g/mol. The first kappa shape index (κ1) is 13.7. The minimum Gasteiger partial charge on any atom is -0.496 e. The zero-order valence-corrected chi connectivity index (χ0v) is 11.3. The lowest BCUT2D eigenvalue weighted by Crippen LogP contribution is -2.20. The second-order valence-electron chi connectivity index (χ2n) is 4.05. The summed E-state index contributed by atoms with van der Waals surface area (Å²) in [6, 6.07) is 12.5. The van der Waals surface area contributed by atoms with Crippen LogP contribution >= 0.6 is 0 Å². The van der Waals surface area contributed by atoms with Gasteiger partial charge in [-0.15, -0.1) is 0 Å². The molecule has 0 fully saturated rings. The molecule has 2 rings (SSSR count). The summed E-state index contributed by atoms with van der Waals surface area (Å²) >= 11 is 0. The van der Waals surface area contributed by atoms with Gasteiger partial charge >= 0.3 is 0 Å². The van der Waals surface area contributed by atoms with Gasteiger partial charge in [-0.3, -0.25) is 9.78 Å². The molecule has 2 aromatic rings. The van der Waals surface area contributed by atoms with Crippen molar-refractivity contribution in [3.05, 3.63) is 59.9 Å².